The Hall–Kier alpha value is -2.60. The molecule has 0 aromatic heterocycles. The molecule has 1 aliphatic heterocycles. The van der Waals surface area contributed by atoms with Gasteiger partial charge in [-0.2, -0.15) is 0 Å². The predicted octanol–water partition coefficient (Wildman–Crippen LogP) is 3.16. The van der Waals surface area contributed by atoms with Gasteiger partial charge in [0.25, 0.3) is 0 Å². The predicted molar refractivity (Wildman–Crippen MR) is 99.9 cm³/mol. The zero-order valence-electron chi connectivity index (χ0n) is 14.1. The van der Waals surface area contributed by atoms with Crippen molar-refractivity contribution in [1.29, 1.82) is 0 Å². The SMILES string of the molecule is O=C(CC(=O)N1CCN(c2ccccc2F)CC1)Nc1cccc(Cl)c1. The minimum absolute atomic E-state index is 0.230. The first-order valence-corrected chi connectivity index (χ1v) is 8.73. The highest BCUT2D eigenvalue weighted by Gasteiger charge is 2.24. The molecular formula is C19H19ClFN3O2. The lowest BCUT2D eigenvalue weighted by atomic mass is 10.2. The van der Waals surface area contributed by atoms with Crippen LogP contribution in [-0.2, 0) is 9.59 Å². The summed E-state index contributed by atoms with van der Waals surface area (Å²) in [6.45, 7) is 1.97. The number of carbonyl (C=O) groups excluding carboxylic acids is 2. The molecule has 136 valence electrons. The molecule has 1 fully saturated rings. The number of carbonyl (C=O) groups is 2. The highest BCUT2D eigenvalue weighted by molar-refractivity contribution is 6.30. The number of anilines is 2. The first kappa shape index (κ1) is 18.2. The third kappa shape index (κ3) is 4.52. The second-order valence-electron chi connectivity index (χ2n) is 6.05. The van der Waals surface area contributed by atoms with Gasteiger partial charge in [-0.3, -0.25) is 9.59 Å². The maximum absolute atomic E-state index is 13.9. The summed E-state index contributed by atoms with van der Waals surface area (Å²) in [6.07, 6.45) is -0.230. The molecule has 2 aromatic carbocycles. The average Bonchev–Trinajstić information content (AvgIpc) is 2.62. The third-order valence-electron chi connectivity index (χ3n) is 4.25. The van der Waals surface area contributed by atoms with Gasteiger partial charge in [-0.1, -0.05) is 29.8 Å². The van der Waals surface area contributed by atoms with Crippen LogP contribution in [0, 0.1) is 5.82 Å². The van der Waals surface area contributed by atoms with Gasteiger partial charge in [0.2, 0.25) is 11.8 Å². The summed E-state index contributed by atoms with van der Waals surface area (Å²) in [5.74, 6) is -0.889. The molecule has 1 heterocycles. The molecule has 26 heavy (non-hydrogen) atoms. The molecule has 1 saturated heterocycles. The standard InChI is InChI=1S/C19H19ClFN3O2/c20-14-4-3-5-15(12-14)22-18(25)13-19(26)24-10-8-23(9-11-24)17-7-2-1-6-16(17)21/h1-7,12H,8-11,13H2,(H,22,25). The van der Waals surface area contributed by atoms with E-state index < -0.39 is 0 Å². The number of halogens is 2. The molecule has 1 N–H and O–H groups in total. The van der Waals surface area contributed by atoms with Crippen LogP contribution in [0.3, 0.4) is 0 Å². The average molecular weight is 376 g/mol. The Bertz CT molecular complexity index is 807. The van der Waals surface area contributed by atoms with Crippen molar-refractivity contribution in [3.8, 4) is 0 Å². The van der Waals surface area contributed by atoms with E-state index >= 15 is 0 Å². The lowest BCUT2D eigenvalue weighted by Crippen LogP contribution is -2.49. The summed E-state index contributed by atoms with van der Waals surface area (Å²) in [7, 11) is 0. The Morgan fingerprint density at radius 3 is 2.46 bits per heavy atom. The number of hydrogen-bond acceptors (Lipinski definition) is 3. The summed E-state index contributed by atoms with van der Waals surface area (Å²) in [4.78, 5) is 27.9. The van der Waals surface area contributed by atoms with E-state index in [1.807, 2.05) is 4.90 Å². The van der Waals surface area contributed by atoms with Crippen LogP contribution in [0.15, 0.2) is 48.5 Å². The van der Waals surface area contributed by atoms with Gasteiger partial charge in [0.05, 0.1) is 5.69 Å². The second kappa shape index (κ2) is 8.19. The van der Waals surface area contributed by atoms with Gasteiger partial charge in [-0.15, -0.1) is 0 Å². The van der Waals surface area contributed by atoms with Crippen LogP contribution in [-0.4, -0.2) is 42.9 Å². The topological polar surface area (TPSA) is 52.7 Å². The maximum Gasteiger partial charge on any atom is 0.233 e. The van der Waals surface area contributed by atoms with E-state index in [-0.39, 0.29) is 24.1 Å². The molecule has 2 aromatic rings. The molecule has 3 rings (SSSR count). The monoisotopic (exact) mass is 375 g/mol. The Labute approximate surface area is 156 Å². The van der Waals surface area contributed by atoms with E-state index in [2.05, 4.69) is 5.32 Å². The van der Waals surface area contributed by atoms with Crippen molar-refractivity contribution in [2.75, 3.05) is 36.4 Å². The zero-order valence-corrected chi connectivity index (χ0v) is 14.9. The van der Waals surface area contributed by atoms with Crippen molar-refractivity contribution < 1.29 is 14.0 Å². The lowest BCUT2D eigenvalue weighted by Gasteiger charge is -2.36. The van der Waals surface area contributed by atoms with E-state index in [0.717, 1.165) is 0 Å². The van der Waals surface area contributed by atoms with Gasteiger partial charge in [-0.25, -0.2) is 4.39 Å². The Morgan fingerprint density at radius 1 is 1.04 bits per heavy atom. The molecule has 0 unspecified atom stereocenters. The number of benzene rings is 2. The fourth-order valence-corrected chi connectivity index (χ4v) is 3.12. The van der Waals surface area contributed by atoms with Crippen molar-refractivity contribution in [1.82, 2.24) is 4.90 Å². The van der Waals surface area contributed by atoms with E-state index in [1.54, 1.807) is 47.4 Å². The van der Waals surface area contributed by atoms with Crippen LogP contribution < -0.4 is 10.2 Å². The van der Waals surface area contributed by atoms with Gasteiger partial charge in [-0.05, 0) is 30.3 Å². The minimum atomic E-state index is -0.381. The zero-order chi connectivity index (χ0) is 18.5. The van der Waals surface area contributed by atoms with Crippen LogP contribution >= 0.6 is 11.6 Å². The van der Waals surface area contributed by atoms with Gasteiger partial charge in [0.1, 0.15) is 12.2 Å². The van der Waals surface area contributed by atoms with E-state index in [9.17, 15) is 14.0 Å². The summed E-state index contributed by atoms with van der Waals surface area (Å²) >= 11 is 5.87. The van der Waals surface area contributed by atoms with Crippen LogP contribution in [0.25, 0.3) is 0 Å². The van der Waals surface area contributed by atoms with Crippen LogP contribution in [0.1, 0.15) is 6.42 Å². The third-order valence-corrected chi connectivity index (χ3v) is 4.48. The lowest BCUT2D eigenvalue weighted by molar-refractivity contribution is -0.134. The number of rotatable bonds is 4. The van der Waals surface area contributed by atoms with E-state index in [4.69, 9.17) is 11.6 Å². The highest BCUT2D eigenvalue weighted by Crippen LogP contribution is 2.20. The molecule has 0 bridgehead atoms. The normalized spacial score (nSPS) is 14.2. The number of nitrogens with zero attached hydrogens (tertiary/aromatic N) is 2. The maximum atomic E-state index is 13.9. The molecule has 2 amide bonds. The number of piperazine rings is 1. The molecule has 0 spiro atoms. The van der Waals surface area contributed by atoms with Crippen molar-refractivity contribution in [3.05, 3.63) is 59.4 Å². The largest absolute Gasteiger partial charge is 0.366 e. The summed E-state index contributed by atoms with van der Waals surface area (Å²) in [6, 6.07) is 13.4. The molecule has 0 saturated carbocycles. The summed E-state index contributed by atoms with van der Waals surface area (Å²) in [5, 5.41) is 3.18. The molecule has 0 atom stereocenters. The summed E-state index contributed by atoms with van der Waals surface area (Å²) in [5.41, 5.74) is 1.10. The van der Waals surface area contributed by atoms with E-state index in [0.29, 0.717) is 42.6 Å². The fraction of sp³-hybridized carbons (Fsp3) is 0.263. The molecular weight excluding hydrogens is 357 g/mol. The number of nitrogens with one attached hydrogen (secondary N) is 1. The first-order chi connectivity index (χ1) is 12.5. The van der Waals surface area contributed by atoms with Crippen molar-refractivity contribution in [2.24, 2.45) is 0 Å². The van der Waals surface area contributed by atoms with Crippen LogP contribution in [0.5, 0.6) is 0 Å². The van der Waals surface area contributed by atoms with Crippen LogP contribution in [0.2, 0.25) is 5.02 Å². The van der Waals surface area contributed by atoms with Gasteiger partial charge in [0.15, 0.2) is 0 Å². The van der Waals surface area contributed by atoms with Crippen molar-refractivity contribution in [2.45, 2.75) is 6.42 Å². The smallest absolute Gasteiger partial charge is 0.233 e. The Balaban J connectivity index is 1.50. The highest BCUT2D eigenvalue weighted by atomic mass is 35.5. The van der Waals surface area contributed by atoms with Crippen molar-refractivity contribution in [3.63, 3.8) is 0 Å². The molecule has 0 aliphatic carbocycles. The number of hydrogen-bond donors (Lipinski definition) is 1. The first-order valence-electron chi connectivity index (χ1n) is 8.35. The van der Waals surface area contributed by atoms with Crippen LogP contribution in [0.4, 0.5) is 15.8 Å². The minimum Gasteiger partial charge on any atom is -0.366 e. The van der Waals surface area contributed by atoms with Crippen molar-refractivity contribution >= 4 is 34.8 Å². The quantitative estimate of drug-likeness (QED) is 0.835. The van der Waals surface area contributed by atoms with E-state index in [1.165, 1.54) is 6.07 Å². The molecule has 0 radical (unpaired) electrons. The number of para-hydroxylation sites is 1. The van der Waals surface area contributed by atoms with Gasteiger partial charge in [0, 0.05) is 36.9 Å². The molecule has 1 aliphatic rings. The molecule has 5 nitrogen and oxygen atoms in total. The van der Waals surface area contributed by atoms with Gasteiger partial charge < -0.3 is 15.1 Å². The number of amides is 2. The Kier molecular flexibility index (Phi) is 5.73. The second-order valence-corrected chi connectivity index (χ2v) is 6.49. The molecule has 7 heteroatoms. The fourth-order valence-electron chi connectivity index (χ4n) is 2.93. The summed E-state index contributed by atoms with van der Waals surface area (Å²) < 4.78 is 13.9. The Morgan fingerprint density at radius 2 is 1.77 bits per heavy atom. The van der Waals surface area contributed by atoms with Gasteiger partial charge >= 0.3 is 0 Å².